The molecule has 0 bridgehead atoms. The lowest BCUT2D eigenvalue weighted by Gasteiger charge is -2.18. The lowest BCUT2D eigenvalue weighted by molar-refractivity contribution is 0.0741. The van der Waals surface area contributed by atoms with Crippen molar-refractivity contribution < 1.29 is 4.74 Å². The van der Waals surface area contributed by atoms with Gasteiger partial charge in [-0.25, -0.2) is 0 Å². The summed E-state index contributed by atoms with van der Waals surface area (Å²) in [6.07, 6.45) is 5.99. The van der Waals surface area contributed by atoms with Gasteiger partial charge in [0.15, 0.2) is 0 Å². The van der Waals surface area contributed by atoms with Gasteiger partial charge >= 0.3 is 0 Å². The van der Waals surface area contributed by atoms with Crippen molar-refractivity contribution in [2.45, 2.75) is 31.8 Å². The molecule has 0 aliphatic heterocycles. The van der Waals surface area contributed by atoms with E-state index in [9.17, 15) is 0 Å². The molecule has 2 heteroatoms. The Hall–Kier alpha value is 0.440. The second-order valence-corrected chi connectivity index (χ2v) is 3.62. The molecule has 60 valence electrons. The summed E-state index contributed by atoms with van der Waals surface area (Å²) in [5.74, 6) is 0.823. The standard InChI is InChI=1S/C8H15BrO/c1-10-8(6-9)7-4-2-3-5-7/h7-8H,2-6H2,1H3/t8-/m1/s1. The molecule has 1 fully saturated rings. The van der Waals surface area contributed by atoms with Gasteiger partial charge in [-0.1, -0.05) is 28.8 Å². The fourth-order valence-electron chi connectivity index (χ4n) is 1.71. The maximum atomic E-state index is 5.34. The van der Waals surface area contributed by atoms with Gasteiger partial charge in [0.2, 0.25) is 0 Å². The molecular weight excluding hydrogens is 192 g/mol. The Morgan fingerprint density at radius 2 is 2.10 bits per heavy atom. The zero-order valence-corrected chi connectivity index (χ0v) is 8.06. The third-order valence-corrected chi connectivity index (χ3v) is 3.02. The first-order valence-corrected chi connectivity index (χ1v) is 5.09. The molecule has 1 aliphatic carbocycles. The van der Waals surface area contributed by atoms with Crippen LogP contribution in [-0.2, 0) is 4.74 Å². The Balaban J connectivity index is 2.29. The van der Waals surface area contributed by atoms with Gasteiger partial charge in [-0.2, -0.15) is 0 Å². The van der Waals surface area contributed by atoms with Crippen LogP contribution in [0.5, 0.6) is 0 Å². The number of halogens is 1. The number of ether oxygens (including phenoxy) is 1. The Kier molecular flexibility index (Phi) is 3.71. The lowest BCUT2D eigenvalue weighted by atomic mass is 10.0. The molecule has 0 radical (unpaired) electrons. The number of rotatable bonds is 3. The smallest absolute Gasteiger partial charge is 0.0696 e. The lowest BCUT2D eigenvalue weighted by Crippen LogP contribution is -2.21. The highest BCUT2D eigenvalue weighted by Crippen LogP contribution is 2.29. The van der Waals surface area contributed by atoms with Crippen molar-refractivity contribution >= 4 is 15.9 Å². The van der Waals surface area contributed by atoms with E-state index in [2.05, 4.69) is 15.9 Å². The molecule has 0 amide bonds. The van der Waals surface area contributed by atoms with Crippen LogP contribution in [0.3, 0.4) is 0 Å². The highest BCUT2D eigenvalue weighted by Gasteiger charge is 2.23. The second kappa shape index (κ2) is 4.35. The van der Waals surface area contributed by atoms with E-state index >= 15 is 0 Å². The van der Waals surface area contributed by atoms with Crippen LogP contribution in [0.2, 0.25) is 0 Å². The minimum absolute atomic E-state index is 0.461. The number of hydrogen-bond donors (Lipinski definition) is 0. The third-order valence-electron chi connectivity index (χ3n) is 2.38. The zero-order valence-electron chi connectivity index (χ0n) is 6.48. The monoisotopic (exact) mass is 206 g/mol. The predicted molar refractivity (Wildman–Crippen MR) is 46.5 cm³/mol. The molecule has 0 heterocycles. The molecule has 1 nitrogen and oxygen atoms in total. The van der Waals surface area contributed by atoms with Crippen molar-refractivity contribution in [3.05, 3.63) is 0 Å². The van der Waals surface area contributed by atoms with E-state index in [1.807, 2.05) is 7.11 Å². The summed E-state index contributed by atoms with van der Waals surface area (Å²) in [4.78, 5) is 0. The maximum Gasteiger partial charge on any atom is 0.0696 e. The van der Waals surface area contributed by atoms with Crippen molar-refractivity contribution in [3.63, 3.8) is 0 Å². The van der Waals surface area contributed by atoms with Crippen LogP contribution in [-0.4, -0.2) is 18.5 Å². The van der Waals surface area contributed by atoms with E-state index in [1.165, 1.54) is 25.7 Å². The van der Waals surface area contributed by atoms with Gasteiger partial charge in [-0.15, -0.1) is 0 Å². The highest BCUT2D eigenvalue weighted by molar-refractivity contribution is 9.09. The van der Waals surface area contributed by atoms with Gasteiger partial charge in [0.1, 0.15) is 0 Å². The summed E-state index contributed by atoms with van der Waals surface area (Å²) in [5.41, 5.74) is 0. The first kappa shape index (κ1) is 8.54. The predicted octanol–water partition coefficient (Wildman–Crippen LogP) is 2.59. The van der Waals surface area contributed by atoms with Gasteiger partial charge in [-0.05, 0) is 18.8 Å². The quantitative estimate of drug-likeness (QED) is 0.646. The molecule has 1 saturated carbocycles. The molecular formula is C8H15BrO. The Morgan fingerprint density at radius 1 is 1.50 bits per heavy atom. The zero-order chi connectivity index (χ0) is 7.40. The Labute approximate surface area is 71.3 Å². The molecule has 1 rings (SSSR count). The van der Waals surface area contributed by atoms with Gasteiger partial charge < -0.3 is 4.74 Å². The molecule has 0 spiro atoms. The van der Waals surface area contributed by atoms with E-state index in [4.69, 9.17) is 4.74 Å². The van der Waals surface area contributed by atoms with Crippen molar-refractivity contribution in [1.29, 1.82) is 0 Å². The van der Waals surface area contributed by atoms with Crippen molar-refractivity contribution in [2.75, 3.05) is 12.4 Å². The fraction of sp³-hybridized carbons (Fsp3) is 1.00. The average molecular weight is 207 g/mol. The number of alkyl halides is 1. The van der Waals surface area contributed by atoms with Crippen LogP contribution in [0.25, 0.3) is 0 Å². The topological polar surface area (TPSA) is 9.23 Å². The van der Waals surface area contributed by atoms with Crippen molar-refractivity contribution in [1.82, 2.24) is 0 Å². The average Bonchev–Trinajstić information content (AvgIpc) is 2.43. The van der Waals surface area contributed by atoms with E-state index in [-0.39, 0.29) is 0 Å². The normalized spacial score (nSPS) is 23.4. The molecule has 0 aromatic carbocycles. The van der Waals surface area contributed by atoms with E-state index < -0.39 is 0 Å². The summed E-state index contributed by atoms with van der Waals surface area (Å²) in [5, 5.41) is 0.994. The summed E-state index contributed by atoms with van der Waals surface area (Å²) in [7, 11) is 1.81. The van der Waals surface area contributed by atoms with Gasteiger partial charge in [0.25, 0.3) is 0 Å². The van der Waals surface area contributed by atoms with Crippen molar-refractivity contribution in [2.24, 2.45) is 5.92 Å². The summed E-state index contributed by atoms with van der Waals surface area (Å²) < 4.78 is 5.34. The van der Waals surface area contributed by atoms with E-state index in [0.29, 0.717) is 6.10 Å². The van der Waals surface area contributed by atoms with Gasteiger partial charge in [0.05, 0.1) is 6.10 Å². The highest BCUT2D eigenvalue weighted by atomic mass is 79.9. The van der Waals surface area contributed by atoms with Crippen molar-refractivity contribution in [3.8, 4) is 0 Å². The summed E-state index contributed by atoms with van der Waals surface area (Å²) in [6, 6.07) is 0. The first-order chi connectivity index (χ1) is 4.88. The third kappa shape index (κ3) is 1.96. The van der Waals surface area contributed by atoms with Crippen LogP contribution in [0, 0.1) is 5.92 Å². The molecule has 0 aromatic rings. The molecule has 0 saturated heterocycles. The van der Waals surface area contributed by atoms with Crippen LogP contribution in [0.15, 0.2) is 0 Å². The van der Waals surface area contributed by atoms with Gasteiger partial charge in [-0.3, -0.25) is 0 Å². The minimum Gasteiger partial charge on any atom is -0.380 e. The van der Waals surface area contributed by atoms with Crippen LogP contribution in [0.4, 0.5) is 0 Å². The first-order valence-electron chi connectivity index (χ1n) is 3.97. The largest absolute Gasteiger partial charge is 0.380 e. The molecule has 0 N–H and O–H groups in total. The summed E-state index contributed by atoms with van der Waals surface area (Å²) >= 11 is 3.46. The SMILES string of the molecule is CO[C@H](CBr)C1CCCC1. The molecule has 10 heavy (non-hydrogen) atoms. The number of hydrogen-bond acceptors (Lipinski definition) is 1. The molecule has 1 aliphatic rings. The van der Waals surface area contributed by atoms with Crippen LogP contribution in [0.1, 0.15) is 25.7 Å². The number of methoxy groups -OCH3 is 1. The van der Waals surface area contributed by atoms with E-state index in [1.54, 1.807) is 0 Å². The van der Waals surface area contributed by atoms with E-state index in [0.717, 1.165) is 11.2 Å². The molecule has 0 unspecified atom stereocenters. The minimum atomic E-state index is 0.461. The fourth-order valence-corrected chi connectivity index (χ4v) is 2.50. The van der Waals surface area contributed by atoms with Crippen LogP contribution >= 0.6 is 15.9 Å². The molecule has 0 aromatic heterocycles. The van der Waals surface area contributed by atoms with Crippen LogP contribution < -0.4 is 0 Å². The Bertz CT molecular complexity index is 85.3. The molecule has 1 atom stereocenters. The summed E-state index contributed by atoms with van der Waals surface area (Å²) in [6.45, 7) is 0. The second-order valence-electron chi connectivity index (χ2n) is 2.97. The maximum absolute atomic E-state index is 5.34. The Morgan fingerprint density at radius 3 is 2.50 bits per heavy atom. The van der Waals surface area contributed by atoms with Gasteiger partial charge in [0, 0.05) is 12.4 Å².